The van der Waals surface area contributed by atoms with Crippen molar-refractivity contribution >= 4 is 17.5 Å². The summed E-state index contributed by atoms with van der Waals surface area (Å²) < 4.78 is 0. The highest BCUT2D eigenvalue weighted by atomic mass is 35.5. The van der Waals surface area contributed by atoms with Crippen LogP contribution in [0.4, 0.5) is 0 Å². The predicted octanol–water partition coefficient (Wildman–Crippen LogP) is 1.82. The van der Waals surface area contributed by atoms with Gasteiger partial charge < -0.3 is 10.6 Å². The maximum Gasteiger partial charge on any atom is 0.253 e. The fourth-order valence-electron chi connectivity index (χ4n) is 1.88. The van der Waals surface area contributed by atoms with E-state index in [0.29, 0.717) is 10.6 Å². The molecule has 0 aromatic heterocycles. The summed E-state index contributed by atoms with van der Waals surface area (Å²) in [5.74, 6) is -0.0840. The van der Waals surface area contributed by atoms with Gasteiger partial charge in [0, 0.05) is 12.6 Å². The largest absolute Gasteiger partial charge is 0.348 e. The fourth-order valence-corrected chi connectivity index (χ4v) is 2.11. The van der Waals surface area contributed by atoms with Crippen molar-refractivity contribution in [2.45, 2.75) is 18.9 Å². The second-order valence-electron chi connectivity index (χ2n) is 4.00. The monoisotopic (exact) mass is 238 g/mol. The van der Waals surface area contributed by atoms with Gasteiger partial charge in [0.25, 0.3) is 5.91 Å². The van der Waals surface area contributed by atoms with Crippen LogP contribution in [0.3, 0.4) is 0 Å². The van der Waals surface area contributed by atoms with E-state index in [1.54, 1.807) is 12.1 Å². The van der Waals surface area contributed by atoms with E-state index in [4.69, 9.17) is 11.6 Å². The van der Waals surface area contributed by atoms with Crippen LogP contribution >= 0.6 is 11.6 Å². The molecule has 4 heteroatoms. The SMILES string of the molecule is O=C(N[C@H]1CCCNC1)c1ccccc1Cl. The molecule has 1 saturated heterocycles. The van der Waals surface area contributed by atoms with Crippen LogP contribution in [0.15, 0.2) is 24.3 Å². The molecule has 2 rings (SSSR count). The number of carbonyl (C=O) groups excluding carboxylic acids is 1. The van der Waals surface area contributed by atoms with Crippen LogP contribution in [0.1, 0.15) is 23.2 Å². The Morgan fingerprint density at radius 1 is 1.44 bits per heavy atom. The van der Waals surface area contributed by atoms with Gasteiger partial charge in [0.1, 0.15) is 0 Å². The third kappa shape index (κ3) is 2.74. The Morgan fingerprint density at radius 2 is 2.25 bits per heavy atom. The molecule has 1 aliphatic rings. The predicted molar refractivity (Wildman–Crippen MR) is 64.8 cm³/mol. The Morgan fingerprint density at radius 3 is 2.94 bits per heavy atom. The molecule has 0 aliphatic carbocycles. The average Bonchev–Trinajstić information content (AvgIpc) is 2.31. The zero-order valence-corrected chi connectivity index (χ0v) is 9.76. The van der Waals surface area contributed by atoms with Crippen molar-refractivity contribution in [3.8, 4) is 0 Å². The lowest BCUT2D eigenvalue weighted by Crippen LogP contribution is -2.45. The molecular formula is C12H15ClN2O. The molecule has 2 N–H and O–H groups in total. The van der Waals surface area contributed by atoms with Gasteiger partial charge in [0.05, 0.1) is 10.6 Å². The third-order valence-corrected chi connectivity index (χ3v) is 3.08. The Kier molecular flexibility index (Phi) is 3.80. The first-order valence-corrected chi connectivity index (χ1v) is 5.91. The second kappa shape index (κ2) is 5.32. The van der Waals surface area contributed by atoms with Gasteiger partial charge in [-0.2, -0.15) is 0 Å². The van der Waals surface area contributed by atoms with Crippen molar-refractivity contribution in [2.75, 3.05) is 13.1 Å². The molecule has 1 amide bonds. The number of piperidine rings is 1. The van der Waals surface area contributed by atoms with Gasteiger partial charge in [0.15, 0.2) is 0 Å². The smallest absolute Gasteiger partial charge is 0.253 e. The lowest BCUT2D eigenvalue weighted by Gasteiger charge is -2.23. The van der Waals surface area contributed by atoms with Crippen molar-refractivity contribution in [3.63, 3.8) is 0 Å². The van der Waals surface area contributed by atoms with E-state index in [2.05, 4.69) is 10.6 Å². The summed E-state index contributed by atoms with van der Waals surface area (Å²) in [7, 11) is 0. The molecule has 1 aromatic rings. The van der Waals surface area contributed by atoms with Crippen LogP contribution in [-0.2, 0) is 0 Å². The first-order valence-electron chi connectivity index (χ1n) is 5.53. The summed E-state index contributed by atoms with van der Waals surface area (Å²) in [5, 5.41) is 6.75. The fraction of sp³-hybridized carbons (Fsp3) is 0.417. The number of carbonyl (C=O) groups is 1. The van der Waals surface area contributed by atoms with E-state index in [-0.39, 0.29) is 11.9 Å². The van der Waals surface area contributed by atoms with Gasteiger partial charge in [-0.25, -0.2) is 0 Å². The van der Waals surface area contributed by atoms with E-state index in [1.807, 2.05) is 12.1 Å². The highest BCUT2D eigenvalue weighted by Gasteiger charge is 2.17. The molecule has 1 aliphatic heterocycles. The van der Waals surface area contributed by atoms with Gasteiger partial charge in [0.2, 0.25) is 0 Å². The molecule has 86 valence electrons. The second-order valence-corrected chi connectivity index (χ2v) is 4.40. The van der Waals surface area contributed by atoms with Crippen molar-refractivity contribution in [2.24, 2.45) is 0 Å². The lowest BCUT2D eigenvalue weighted by atomic mass is 10.1. The van der Waals surface area contributed by atoms with Gasteiger partial charge in [-0.05, 0) is 31.5 Å². The molecule has 0 unspecified atom stereocenters. The Balaban J connectivity index is 2.00. The van der Waals surface area contributed by atoms with Crippen LogP contribution in [0.5, 0.6) is 0 Å². The van der Waals surface area contributed by atoms with E-state index >= 15 is 0 Å². The summed E-state index contributed by atoms with van der Waals surface area (Å²) in [6, 6.07) is 7.34. The van der Waals surface area contributed by atoms with Crippen LogP contribution in [0, 0.1) is 0 Å². The van der Waals surface area contributed by atoms with Crippen LogP contribution in [0.2, 0.25) is 5.02 Å². The van der Waals surface area contributed by atoms with E-state index in [9.17, 15) is 4.79 Å². The molecule has 16 heavy (non-hydrogen) atoms. The summed E-state index contributed by atoms with van der Waals surface area (Å²) in [6.07, 6.45) is 2.14. The number of hydrogen-bond donors (Lipinski definition) is 2. The van der Waals surface area contributed by atoms with Gasteiger partial charge in [-0.1, -0.05) is 23.7 Å². The Labute approximate surface area is 100 Å². The minimum Gasteiger partial charge on any atom is -0.348 e. The first kappa shape index (κ1) is 11.4. The molecule has 1 aromatic carbocycles. The zero-order valence-electron chi connectivity index (χ0n) is 9.00. The first-order chi connectivity index (χ1) is 7.77. The van der Waals surface area contributed by atoms with Crippen molar-refractivity contribution < 1.29 is 4.79 Å². The third-order valence-electron chi connectivity index (χ3n) is 2.75. The molecule has 0 spiro atoms. The number of hydrogen-bond acceptors (Lipinski definition) is 2. The van der Waals surface area contributed by atoms with Gasteiger partial charge in [-0.15, -0.1) is 0 Å². The number of amides is 1. The maximum absolute atomic E-state index is 11.9. The van der Waals surface area contributed by atoms with E-state index in [1.165, 1.54) is 0 Å². The van der Waals surface area contributed by atoms with Crippen LogP contribution in [-0.4, -0.2) is 25.0 Å². The Hall–Kier alpha value is -1.06. The molecule has 3 nitrogen and oxygen atoms in total. The van der Waals surface area contributed by atoms with E-state index in [0.717, 1.165) is 25.9 Å². The van der Waals surface area contributed by atoms with Crippen molar-refractivity contribution in [1.82, 2.24) is 10.6 Å². The summed E-state index contributed by atoms with van der Waals surface area (Å²) >= 11 is 5.96. The number of rotatable bonds is 2. The highest BCUT2D eigenvalue weighted by Crippen LogP contribution is 2.15. The summed E-state index contributed by atoms with van der Waals surface area (Å²) in [6.45, 7) is 1.88. The number of benzene rings is 1. The summed E-state index contributed by atoms with van der Waals surface area (Å²) in [5.41, 5.74) is 0.551. The number of halogens is 1. The minimum atomic E-state index is -0.0840. The van der Waals surface area contributed by atoms with E-state index < -0.39 is 0 Å². The molecule has 0 saturated carbocycles. The van der Waals surface area contributed by atoms with Crippen LogP contribution < -0.4 is 10.6 Å². The number of nitrogens with one attached hydrogen (secondary N) is 2. The molecule has 0 bridgehead atoms. The topological polar surface area (TPSA) is 41.1 Å². The van der Waals surface area contributed by atoms with Crippen molar-refractivity contribution in [3.05, 3.63) is 34.9 Å². The Bertz CT molecular complexity index is 375. The molecule has 1 atom stereocenters. The van der Waals surface area contributed by atoms with Crippen LogP contribution in [0.25, 0.3) is 0 Å². The maximum atomic E-state index is 11.9. The quantitative estimate of drug-likeness (QED) is 0.825. The van der Waals surface area contributed by atoms with Crippen molar-refractivity contribution in [1.29, 1.82) is 0 Å². The molecular weight excluding hydrogens is 224 g/mol. The molecule has 0 radical (unpaired) electrons. The average molecular weight is 239 g/mol. The summed E-state index contributed by atoms with van der Waals surface area (Å²) in [4.78, 5) is 11.9. The lowest BCUT2D eigenvalue weighted by molar-refractivity contribution is 0.0931. The molecule has 1 heterocycles. The highest BCUT2D eigenvalue weighted by molar-refractivity contribution is 6.33. The van der Waals surface area contributed by atoms with Gasteiger partial charge in [-0.3, -0.25) is 4.79 Å². The zero-order chi connectivity index (χ0) is 11.4. The normalized spacial score (nSPS) is 20.4. The molecule has 1 fully saturated rings. The standard InChI is InChI=1S/C12H15ClN2O/c13-11-6-2-1-5-10(11)12(16)15-9-4-3-7-14-8-9/h1-2,5-6,9,14H,3-4,7-8H2,(H,15,16)/t9-/m0/s1. The minimum absolute atomic E-state index is 0.0840. The van der Waals surface area contributed by atoms with Gasteiger partial charge >= 0.3 is 0 Å².